The van der Waals surface area contributed by atoms with Gasteiger partial charge in [-0.3, -0.25) is 4.57 Å². The molecule has 106 valence electrons. The molecular weight excluding hydrogens is 250 g/mol. The van der Waals surface area contributed by atoms with Gasteiger partial charge < -0.3 is 10.3 Å². The molecule has 20 heavy (non-hydrogen) atoms. The van der Waals surface area contributed by atoms with Gasteiger partial charge in [0.25, 0.3) is 0 Å². The SMILES string of the molecule is Cc1c[nH]c(=O)n1-c1cccc(CC2CCCCN2)c1. The molecule has 2 aromatic rings. The normalized spacial score (nSPS) is 19.1. The third-order valence-electron chi connectivity index (χ3n) is 4.02. The molecule has 0 radical (unpaired) electrons. The van der Waals surface area contributed by atoms with E-state index in [1.165, 1.54) is 24.8 Å². The number of aromatic nitrogens is 2. The molecule has 4 nitrogen and oxygen atoms in total. The largest absolute Gasteiger partial charge is 0.330 e. The maximum Gasteiger partial charge on any atom is 0.330 e. The topological polar surface area (TPSA) is 49.8 Å². The minimum absolute atomic E-state index is 0.0737. The van der Waals surface area contributed by atoms with Crippen LogP contribution in [0.15, 0.2) is 35.3 Å². The second-order valence-corrected chi connectivity index (χ2v) is 5.59. The van der Waals surface area contributed by atoms with E-state index in [4.69, 9.17) is 0 Å². The molecule has 1 aromatic carbocycles. The van der Waals surface area contributed by atoms with Gasteiger partial charge in [-0.2, -0.15) is 0 Å². The maximum atomic E-state index is 11.8. The summed E-state index contributed by atoms with van der Waals surface area (Å²) in [6, 6.07) is 8.86. The molecule has 1 aliphatic rings. The molecule has 0 amide bonds. The Balaban J connectivity index is 1.84. The Labute approximate surface area is 118 Å². The van der Waals surface area contributed by atoms with E-state index >= 15 is 0 Å². The third kappa shape index (κ3) is 2.70. The fourth-order valence-corrected chi connectivity index (χ4v) is 2.98. The summed E-state index contributed by atoms with van der Waals surface area (Å²) >= 11 is 0. The van der Waals surface area contributed by atoms with Crippen molar-refractivity contribution in [3.63, 3.8) is 0 Å². The Hall–Kier alpha value is -1.81. The monoisotopic (exact) mass is 271 g/mol. The van der Waals surface area contributed by atoms with E-state index in [2.05, 4.69) is 22.4 Å². The molecule has 0 saturated carbocycles. The van der Waals surface area contributed by atoms with Gasteiger partial charge in [-0.15, -0.1) is 0 Å². The molecule has 0 aliphatic carbocycles. The van der Waals surface area contributed by atoms with Gasteiger partial charge in [-0.1, -0.05) is 18.6 Å². The van der Waals surface area contributed by atoms with Crippen LogP contribution in [0.4, 0.5) is 0 Å². The predicted molar refractivity (Wildman–Crippen MR) is 80.5 cm³/mol. The number of hydrogen-bond acceptors (Lipinski definition) is 2. The second-order valence-electron chi connectivity index (χ2n) is 5.59. The molecule has 0 bridgehead atoms. The summed E-state index contributed by atoms with van der Waals surface area (Å²) in [5.41, 5.74) is 3.09. The van der Waals surface area contributed by atoms with Crippen molar-refractivity contribution in [2.75, 3.05) is 6.54 Å². The van der Waals surface area contributed by atoms with Crippen LogP contribution in [0.3, 0.4) is 0 Å². The smallest absolute Gasteiger partial charge is 0.314 e. The number of nitrogens with zero attached hydrogens (tertiary/aromatic N) is 1. The van der Waals surface area contributed by atoms with Crippen molar-refractivity contribution in [3.8, 4) is 5.69 Å². The number of piperidine rings is 1. The lowest BCUT2D eigenvalue weighted by Gasteiger charge is -2.23. The van der Waals surface area contributed by atoms with Gasteiger partial charge in [0.2, 0.25) is 0 Å². The first-order chi connectivity index (χ1) is 9.74. The molecule has 3 rings (SSSR count). The second kappa shape index (κ2) is 5.67. The van der Waals surface area contributed by atoms with Crippen LogP contribution in [-0.4, -0.2) is 22.1 Å². The molecular formula is C16H21N3O. The number of nitrogens with one attached hydrogen (secondary N) is 2. The fourth-order valence-electron chi connectivity index (χ4n) is 2.98. The Morgan fingerprint density at radius 2 is 2.25 bits per heavy atom. The highest BCUT2D eigenvalue weighted by Gasteiger charge is 2.13. The molecule has 1 saturated heterocycles. The minimum atomic E-state index is -0.0737. The van der Waals surface area contributed by atoms with Crippen LogP contribution < -0.4 is 11.0 Å². The molecule has 1 unspecified atom stereocenters. The number of benzene rings is 1. The van der Waals surface area contributed by atoms with Gasteiger partial charge in [0.1, 0.15) is 0 Å². The standard InChI is InChI=1S/C16H21N3O/c1-12-11-18-16(20)19(12)15-7-4-5-13(10-15)9-14-6-2-3-8-17-14/h4-5,7,10-11,14,17H,2-3,6,8-9H2,1H3,(H,18,20). The van der Waals surface area contributed by atoms with E-state index in [9.17, 15) is 4.79 Å². The lowest BCUT2D eigenvalue weighted by Crippen LogP contribution is -2.35. The van der Waals surface area contributed by atoms with Crippen LogP contribution in [0.2, 0.25) is 0 Å². The maximum absolute atomic E-state index is 11.8. The van der Waals surface area contributed by atoms with Crippen molar-refractivity contribution in [3.05, 3.63) is 52.2 Å². The highest BCUT2D eigenvalue weighted by atomic mass is 16.1. The quantitative estimate of drug-likeness (QED) is 0.898. The van der Waals surface area contributed by atoms with Gasteiger partial charge in [0, 0.05) is 17.9 Å². The van der Waals surface area contributed by atoms with E-state index < -0.39 is 0 Å². The number of hydrogen-bond donors (Lipinski definition) is 2. The predicted octanol–water partition coefficient (Wildman–Crippen LogP) is 2.16. The van der Waals surface area contributed by atoms with Crippen LogP contribution >= 0.6 is 0 Å². The number of aryl methyl sites for hydroxylation is 1. The van der Waals surface area contributed by atoms with Crippen LogP contribution in [0.25, 0.3) is 5.69 Å². The number of H-pyrrole nitrogens is 1. The first-order valence-corrected chi connectivity index (χ1v) is 7.34. The van der Waals surface area contributed by atoms with Crippen LogP contribution in [0.5, 0.6) is 0 Å². The number of rotatable bonds is 3. The highest BCUT2D eigenvalue weighted by Crippen LogP contribution is 2.16. The molecule has 2 heterocycles. The van der Waals surface area contributed by atoms with E-state index in [0.717, 1.165) is 24.3 Å². The molecule has 4 heteroatoms. The summed E-state index contributed by atoms with van der Waals surface area (Å²) in [6.45, 7) is 3.06. The van der Waals surface area contributed by atoms with Crippen molar-refractivity contribution >= 4 is 0 Å². The zero-order valence-electron chi connectivity index (χ0n) is 11.9. The minimum Gasteiger partial charge on any atom is -0.314 e. The molecule has 1 fully saturated rings. The van der Waals surface area contributed by atoms with Crippen molar-refractivity contribution in [1.82, 2.24) is 14.9 Å². The van der Waals surface area contributed by atoms with Crippen molar-refractivity contribution in [1.29, 1.82) is 0 Å². The fraction of sp³-hybridized carbons (Fsp3) is 0.438. The summed E-state index contributed by atoms with van der Waals surface area (Å²) in [6.07, 6.45) is 6.62. The summed E-state index contributed by atoms with van der Waals surface area (Å²) in [5.74, 6) is 0. The highest BCUT2D eigenvalue weighted by molar-refractivity contribution is 5.37. The first-order valence-electron chi connectivity index (χ1n) is 7.34. The lowest BCUT2D eigenvalue weighted by atomic mass is 9.97. The van der Waals surface area contributed by atoms with E-state index in [0.29, 0.717) is 6.04 Å². The average Bonchev–Trinajstić information content (AvgIpc) is 2.80. The molecule has 1 aliphatic heterocycles. The van der Waals surface area contributed by atoms with Gasteiger partial charge in [0.15, 0.2) is 0 Å². The number of imidazole rings is 1. The van der Waals surface area contributed by atoms with Crippen molar-refractivity contribution in [2.24, 2.45) is 0 Å². The first kappa shape index (κ1) is 13.2. The lowest BCUT2D eigenvalue weighted by molar-refractivity contribution is 0.399. The summed E-state index contributed by atoms with van der Waals surface area (Å²) in [5, 5.41) is 3.57. The van der Waals surface area contributed by atoms with E-state index in [-0.39, 0.29) is 5.69 Å². The Kier molecular flexibility index (Phi) is 3.74. The Morgan fingerprint density at radius 3 is 2.95 bits per heavy atom. The van der Waals surface area contributed by atoms with Gasteiger partial charge in [-0.25, -0.2) is 4.79 Å². The van der Waals surface area contributed by atoms with Gasteiger partial charge in [-0.05, 0) is 50.4 Å². The van der Waals surface area contributed by atoms with Crippen LogP contribution in [0.1, 0.15) is 30.5 Å². The van der Waals surface area contributed by atoms with E-state index in [1.807, 2.05) is 19.1 Å². The van der Waals surface area contributed by atoms with Crippen LogP contribution in [0, 0.1) is 6.92 Å². The average molecular weight is 271 g/mol. The molecule has 1 atom stereocenters. The zero-order valence-corrected chi connectivity index (χ0v) is 11.9. The number of aromatic amines is 1. The zero-order chi connectivity index (χ0) is 13.9. The van der Waals surface area contributed by atoms with Crippen LogP contribution in [-0.2, 0) is 6.42 Å². The summed E-state index contributed by atoms with van der Waals surface area (Å²) in [7, 11) is 0. The third-order valence-corrected chi connectivity index (χ3v) is 4.02. The summed E-state index contributed by atoms with van der Waals surface area (Å²) < 4.78 is 1.72. The Morgan fingerprint density at radius 1 is 1.35 bits per heavy atom. The van der Waals surface area contributed by atoms with Gasteiger partial charge in [0.05, 0.1) is 5.69 Å². The van der Waals surface area contributed by atoms with Crippen molar-refractivity contribution < 1.29 is 0 Å². The van der Waals surface area contributed by atoms with E-state index in [1.54, 1.807) is 10.8 Å². The molecule has 2 N–H and O–H groups in total. The summed E-state index contributed by atoms with van der Waals surface area (Å²) in [4.78, 5) is 14.6. The molecule has 0 spiro atoms. The van der Waals surface area contributed by atoms with Crippen molar-refractivity contribution in [2.45, 2.75) is 38.6 Å². The molecule has 1 aromatic heterocycles. The van der Waals surface area contributed by atoms with Gasteiger partial charge >= 0.3 is 5.69 Å². The Bertz CT molecular complexity index is 635.